The molecule has 2 nitrogen and oxygen atoms in total. The minimum absolute atomic E-state index is 0.244. The topological polar surface area (TPSA) is 29.5 Å². The van der Waals surface area contributed by atoms with Gasteiger partial charge in [0.05, 0.1) is 0 Å². The Morgan fingerprint density at radius 2 is 2.06 bits per heavy atom. The molecule has 2 heteroatoms. The maximum absolute atomic E-state index is 10.8. The van der Waals surface area contributed by atoms with Crippen molar-refractivity contribution < 1.29 is 9.84 Å². The van der Waals surface area contributed by atoms with Gasteiger partial charge in [-0.1, -0.05) is 38.8 Å². The molecule has 0 radical (unpaired) electrons. The average molecular weight is 224 g/mol. The predicted molar refractivity (Wildman–Crippen MR) is 65.3 cm³/mol. The predicted octanol–water partition coefficient (Wildman–Crippen LogP) is 3.05. The molecule has 2 aliphatic rings. The number of hydrogen-bond donors (Lipinski definition) is 1. The molecule has 92 valence electrons. The van der Waals surface area contributed by atoms with Gasteiger partial charge < -0.3 is 9.84 Å². The van der Waals surface area contributed by atoms with Gasteiger partial charge in [-0.3, -0.25) is 0 Å². The van der Waals surface area contributed by atoms with Crippen LogP contribution in [0.1, 0.15) is 52.4 Å². The minimum atomic E-state index is -0.742. The average Bonchev–Trinajstić information content (AvgIpc) is 2.59. The van der Waals surface area contributed by atoms with Crippen LogP contribution in [0.15, 0.2) is 12.2 Å². The van der Waals surface area contributed by atoms with Gasteiger partial charge in [-0.15, -0.1) is 0 Å². The normalized spacial score (nSPS) is 46.2. The van der Waals surface area contributed by atoms with E-state index in [0.717, 1.165) is 38.5 Å². The zero-order valence-corrected chi connectivity index (χ0v) is 10.8. The number of ether oxygens (including phenoxy) is 1. The summed E-state index contributed by atoms with van der Waals surface area (Å²) in [6.07, 6.45) is 10.3. The fourth-order valence-electron chi connectivity index (χ4n) is 3.43. The lowest BCUT2D eigenvalue weighted by atomic mass is 9.70. The van der Waals surface area contributed by atoms with Crippen molar-refractivity contribution in [1.29, 1.82) is 0 Å². The van der Waals surface area contributed by atoms with Gasteiger partial charge in [0, 0.05) is 7.11 Å². The first kappa shape index (κ1) is 12.1. The van der Waals surface area contributed by atoms with Gasteiger partial charge in [0.2, 0.25) is 0 Å². The van der Waals surface area contributed by atoms with Gasteiger partial charge in [0.15, 0.2) is 0 Å². The third-order valence-corrected chi connectivity index (χ3v) is 4.64. The third-order valence-electron chi connectivity index (χ3n) is 4.64. The Hall–Kier alpha value is -0.340. The van der Waals surface area contributed by atoms with Crippen molar-refractivity contribution in [2.24, 2.45) is 5.41 Å². The van der Waals surface area contributed by atoms with Gasteiger partial charge in [0.1, 0.15) is 11.2 Å². The highest BCUT2D eigenvalue weighted by Gasteiger charge is 2.58. The SMILES string of the molecule is CCCC[C@]1(O)C=C[C@@]2(C)CC[C@]1(OC)C2. The lowest BCUT2D eigenvalue weighted by molar-refractivity contribution is -0.152. The standard InChI is InChI=1S/C14H24O2/c1-4-5-6-13(15)9-7-12(2)8-10-14(13,11-12)16-3/h7,9,15H,4-6,8,10-11H2,1-3H3/t12-,13-,14-/m0/s1. The summed E-state index contributed by atoms with van der Waals surface area (Å²) in [5, 5.41) is 10.8. The van der Waals surface area contributed by atoms with E-state index in [1.54, 1.807) is 7.11 Å². The molecule has 0 saturated heterocycles. The molecule has 0 aromatic heterocycles. The number of unbranched alkanes of at least 4 members (excludes halogenated alkanes) is 1. The van der Waals surface area contributed by atoms with Crippen LogP contribution < -0.4 is 0 Å². The Bertz CT molecular complexity index is 299. The van der Waals surface area contributed by atoms with Gasteiger partial charge in [0.25, 0.3) is 0 Å². The van der Waals surface area contributed by atoms with Crippen molar-refractivity contribution in [3.05, 3.63) is 12.2 Å². The van der Waals surface area contributed by atoms with E-state index in [0.29, 0.717) is 0 Å². The second-order valence-electron chi connectivity index (χ2n) is 5.89. The van der Waals surface area contributed by atoms with Gasteiger partial charge in [-0.25, -0.2) is 0 Å². The van der Waals surface area contributed by atoms with Gasteiger partial charge in [-0.2, -0.15) is 0 Å². The molecule has 2 aliphatic carbocycles. The van der Waals surface area contributed by atoms with E-state index in [1.807, 2.05) is 6.08 Å². The number of aliphatic hydroxyl groups is 1. The molecule has 1 saturated carbocycles. The zero-order chi connectivity index (χ0) is 11.9. The molecule has 3 atom stereocenters. The summed E-state index contributed by atoms with van der Waals surface area (Å²) in [6.45, 7) is 4.43. The van der Waals surface area contributed by atoms with Crippen LogP contribution in [0, 0.1) is 5.41 Å². The van der Waals surface area contributed by atoms with Crippen LogP contribution in [0.2, 0.25) is 0 Å². The van der Waals surface area contributed by atoms with E-state index >= 15 is 0 Å². The minimum Gasteiger partial charge on any atom is -0.383 e. The van der Waals surface area contributed by atoms with Crippen molar-refractivity contribution in [3.8, 4) is 0 Å². The number of rotatable bonds is 4. The van der Waals surface area contributed by atoms with E-state index < -0.39 is 5.60 Å². The Morgan fingerprint density at radius 3 is 2.69 bits per heavy atom. The quantitative estimate of drug-likeness (QED) is 0.744. The van der Waals surface area contributed by atoms with Crippen LogP contribution in [0.5, 0.6) is 0 Å². The Morgan fingerprint density at radius 1 is 1.31 bits per heavy atom. The smallest absolute Gasteiger partial charge is 0.112 e. The van der Waals surface area contributed by atoms with Crippen molar-refractivity contribution in [1.82, 2.24) is 0 Å². The van der Waals surface area contributed by atoms with E-state index in [4.69, 9.17) is 4.74 Å². The Balaban J connectivity index is 2.28. The molecule has 2 rings (SSSR count). The molecular weight excluding hydrogens is 200 g/mol. The first-order valence-corrected chi connectivity index (χ1v) is 6.47. The third kappa shape index (κ3) is 1.63. The van der Waals surface area contributed by atoms with Crippen LogP contribution in [-0.2, 0) is 4.74 Å². The summed E-state index contributed by atoms with van der Waals surface area (Å²) in [4.78, 5) is 0. The van der Waals surface area contributed by atoms with E-state index in [-0.39, 0.29) is 11.0 Å². The number of methoxy groups -OCH3 is 1. The van der Waals surface area contributed by atoms with Crippen molar-refractivity contribution >= 4 is 0 Å². The number of allylic oxidation sites excluding steroid dienone is 1. The molecule has 0 aromatic rings. The molecule has 0 unspecified atom stereocenters. The van der Waals surface area contributed by atoms with E-state index in [1.165, 1.54) is 0 Å². The van der Waals surface area contributed by atoms with E-state index in [2.05, 4.69) is 19.9 Å². The molecule has 0 heterocycles. The van der Waals surface area contributed by atoms with E-state index in [9.17, 15) is 5.11 Å². The number of hydrogen-bond acceptors (Lipinski definition) is 2. The second-order valence-corrected chi connectivity index (χ2v) is 5.89. The van der Waals surface area contributed by atoms with Crippen molar-refractivity contribution in [2.75, 3.05) is 7.11 Å². The monoisotopic (exact) mass is 224 g/mol. The number of fused-ring (bicyclic) bond motifs is 2. The van der Waals surface area contributed by atoms with Crippen LogP contribution in [-0.4, -0.2) is 23.4 Å². The molecule has 2 bridgehead atoms. The molecule has 1 N–H and O–H groups in total. The fraction of sp³-hybridized carbons (Fsp3) is 0.857. The van der Waals surface area contributed by atoms with Gasteiger partial charge in [-0.05, 0) is 31.1 Å². The first-order valence-electron chi connectivity index (χ1n) is 6.47. The van der Waals surface area contributed by atoms with Crippen molar-refractivity contribution in [2.45, 2.75) is 63.6 Å². The summed E-state index contributed by atoms with van der Waals surface area (Å²) in [7, 11) is 1.75. The summed E-state index contributed by atoms with van der Waals surface area (Å²) in [5.74, 6) is 0. The summed E-state index contributed by atoms with van der Waals surface area (Å²) < 4.78 is 5.75. The molecule has 0 aromatic carbocycles. The Labute approximate surface area is 98.7 Å². The first-order chi connectivity index (χ1) is 7.49. The fourth-order valence-corrected chi connectivity index (χ4v) is 3.43. The molecule has 0 aliphatic heterocycles. The summed E-state index contributed by atoms with van der Waals surface area (Å²) >= 11 is 0. The van der Waals surface area contributed by atoms with Gasteiger partial charge >= 0.3 is 0 Å². The highest BCUT2D eigenvalue weighted by atomic mass is 16.5. The molecule has 0 amide bonds. The van der Waals surface area contributed by atoms with Crippen molar-refractivity contribution in [3.63, 3.8) is 0 Å². The Kier molecular flexibility index (Phi) is 2.92. The largest absolute Gasteiger partial charge is 0.383 e. The molecule has 1 fully saturated rings. The lowest BCUT2D eigenvalue weighted by Gasteiger charge is -2.46. The summed E-state index contributed by atoms with van der Waals surface area (Å²) in [5.41, 5.74) is -0.826. The second kappa shape index (κ2) is 3.85. The zero-order valence-electron chi connectivity index (χ0n) is 10.8. The summed E-state index contributed by atoms with van der Waals surface area (Å²) in [6, 6.07) is 0. The highest BCUT2D eigenvalue weighted by Crippen LogP contribution is 2.56. The van der Waals surface area contributed by atoms with Crippen LogP contribution in [0.3, 0.4) is 0 Å². The van der Waals surface area contributed by atoms with Crippen LogP contribution >= 0.6 is 0 Å². The lowest BCUT2D eigenvalue weighted by Crippen LogP contribution is -2.54. The maximum Gasteiger partial charge on any atom is 0.112 e. The molecular formula is C14H24O2. The highest BCUT2D eigenvalue weighted by molar-refractivity contribution is 5.26. The van der Waals surface area contributed by atoms with Crippen LogP contribution in [0.4, 0.5) is 0 Å². The van der Waals surface area contributed by atoms with Crippen LogP contribution in [0.25, 0.3) is 0 Å². The maximum atomic E-state index is 10.8. The molecule has 0 spiro atoms. The molecule has 16 heavy (non-hydrogen) atoms.